The molecule has 1 aliphatic heterocycles. The molecule has 3 rings (SSSR count). The number of rotatable bonds is 19. The molecule has 0 radical (unpaired) electrons. The fraction of sp³-hybridized carbons (Fsp3) is 0.737. The van der Waals surface area contributed by atoms with E-state index in [2.05, 4.69) is 78.4 Å². The largest absolute Gasteiger partial charge is 0.347 e. The van der Waals surface area contributed by atoms with E-state index in [0.29, 0.717) is 34.8 Å². The molecule has 0 amide bonds. The minimum Gasteiger partial charge on any atom is -0.347 e. The first-order valence-corrected chi connectivity index (χ1v) is 19.3. The Morgan fingerprint density at radius 3 is 1.96 bits per heavy atom. The molecule has 3 unspecified atom stereocenters. The maximum absolute atomic E-state index is 13.4. The summed E-state index contributed by atoms with van der Waals surface area (Å²) in [5.74, 6) is 2.04. The standard InChI is InChI=1S/C38H61N7OS/c1-11-17-20-27(14-4)24-44(25-28(15-5)21-18-12-2)37-41-32(38(8,9)10)35(47-37)40-31-26(7)30(23-39)36(46)45-34(31)42-33(43-45)29(16-6)22-19-13-3/h27-29H,11-22,24-25H2,1-10H3/b40-31-. The molecule has 47 heavy (non-hydrogen) atoms. The molecule has 0 fully saturated rings. The van der Waals surface area contributed by atoms with Crippen molar-refractivity contribution in [2.45, 2.75) is 158 Å². The molecule has 3 atom stereocenters. The molecule has 0 saturated carbocycles. The molecule has 0 aliphatic carbocycles. The van der Waals surface area contributed by atoms with Crippen LogP contribution in [0.5, 0.6) is 0 Å². The Morgan fingerprint density at radius 1 is 0.894 bits per heavy atom. The van der Waals surface area contributed by atoms with Gasteiger partial charge in [-0.3, -0.25) is 4.79 Å². The molecule has 3 heterocycles. The van der Waals surface area contributed by atoms with E-state index in [0.717, 1.165) is 67.4 Å². The van der Waals surface area contributed by atoms with Crippen LogP contribution in [0.1, 0.15) is 174 Å². The van der Waals surface area contributed by atoms with Gasteiger partial charge in [0, 0.05) is 30.0 Å². The first kappa shape index (κ1) is 38.6. The third-order valence-electron chi connectivity index (χ3n) is 9.68. The Morgan fingerprint density at radius 2 is 1.47 bits per heavy atom. The van der Waals surface area contributed by atoms with E-state index in [1.165, 1.54) is 43.2 Å². The van der Waals surface area contributed by atoms with Gasteiger partial charge in [0.15, 0.2) is 16.8 Å². The number of fused-ring (bicyclic) bond motifs is 1. The molecule has 0 N–H and O–H groups in total. The second-order valence-electron chi connectivity index (χ2n) is 14.5. The number of aliphatic imine (C=N–C) groups is 1. The zero-order chi connectivity index (χ0) is 34.7. The number of hydrogen-bond donors (Lipinski definition) is 0. The normalized spacial score (nSPS) is 16.4. The second kappa shape index (κ2) is 18.1. The number of nitriles is 1. The Kier molecular flexibility index (Phi) is 14.8. The van der Waals surface area contributed by atoms with E-state index in [1.807, 2.05) is 6.92 Å². The fourth-order valence-electron chi connectivity index (χ4n) is 6.37. The van der Waals surface area contributed by atoms with Crippen molar-refractivity contribution < 1.29 is 4.79 Å². The van der Waals surface area contributed by atoms with Crippen molar-refractivity contribution >= 4 is 33.1 Å². The van der Waals surface area contributed by atoms with Crippen LogP contribution in [0, 0.1) is 23.2 Å². The smallest absolute Gasteiger partial charge is 0.291 e. The summed E-state index contributed by atoms with van der Waals surface area (Å²) in [6, 6.07) is 2.14. The molecular weight excluding hydrogens is 603 g/mol. The van der Waals surface area contributed by atoms with E-state index in [9.17, 15) is 10.1 Å². The van der Waals surface area contributed by atoms with Gasteiger partial charge in [0.1, 0.15) is 22.4 Å². The molecule has 2 aromatic rings. The Labute approximate surface area is 289 Å². The molecular formula is C38H61N7OS. The van der Waals surface area contributed by atoms with Crippen molar-refractivity contribution in [2.24, 2.45) is 16.8 Å². The van der Waals surface area contributed by atoms with E-state index in [4.69, 9.17) is 15.0 Å². The summed E-state index contributed by atoms with van der Waals surface area (Å²) in [4.78, 5) is 31.5. The molecule has 9 heteroatoms. The van der Waals surface area contributed by atoms with Gasteiger partial charge in [-0.05, 0) is 44.4 Å². The Hall–Kier alpha value is -2.86. The molecule has 0 saturated heterocycles. The summed E-state index contributed by atoms with van der Waals surface area (Å²) >= 11 is 1.64. The summed E-state index contributed by atoms with van der Waals surface area (Å²) in [6.07, 6.45) is 13.7. The fourth-order valence-corrected chi connectivity index (χ4v) is 7.54. The monoisotopic (exact) mass is 663 g/mol. The van der Waals surface area contributed by atoms with Crippen LogP contribution < -0.4 is 4.90 Å². The van der Waals surface area contributed by atoms with Crippen LogP contribution in [0.2, 0.25) is 0 Å². The average molecular weight is 664 g/mol. The number of nitrogens with zero attached hydrogens (tertiary/aromatic N) is 7. The van der Waals surface area contributed by atoms with Gasteiger partial charge in [0.2, 0.25) is 0 Å². The lowest BCUT2D eigenvalue weighted by molar-refractivity contribution is 0.0941. The number of carbonyl (C=O) groups is 1. The van der Waals surface area contributed by atoms with Gasteiger partial charge in [-0.15, -0.1) is 5.10 Å². The maximum atomic E-state index is 13.4. The van der Waals surface area contributed by atoms with Crippen molar-refractivity contribution in [3.8, 4) is 6.07 Å². The van der Waals surface area contributed by atoms with Crippen molar-refractivity contribution in [3.05, 3.63) is 28.5 Å². The minimum atomic E-state index is -0.425. The maximum Gasteiger partial charge on any atom is 0.291 e. The van der Waals surface area contributed by atoms with Crippen LogP contribution in [0.3, 0.4) is 0 Å². The molecule has 0 bridgehead atoms. The van der Waals surface area contributed by atoms with E-state index in [-0.39, 0.29) is 16.9 Å². The van der Waals surface area contributed by atoms with Crippen molar-refractivity contribution in [2.75, 3.05) is 18.0 Å². The summed E-state index contributed by atoms with van der Waals surface area (Å²) in [6.45, 7) is 23.8. The second-order valence-corrected chi connectivity index (χ2v) is 15.4. The van der Waals surface area contributed by atoms with Gasteiger partial charge >= 0.3 is 0 Å². The van der Waals surface area contributed by atoms with E-state index >= 15 is 0 Å². The molecule has 260 valence electrons. The van der Waals surface area contributed by atoms with Crippen molar-refractivity contribution in [1.29, 1.82) is 5.26 Å². The highest BCUT2D eigenvalue weighted by molar-refractivity contribution is 7.19. The zero-order valence-electron chi connectivity index (χ0n) is 31.1. The van der Waals surface area contributed by atoms with E-state index < -0.39 is 5.91 Å². The van der Waals surface area contributed by atoms with Gasteiger partial charge in [0.25, 0.3) is 5.91 Å². The third-order valence-corrected chi connectivity index (χ3v) is 10.7. The van der Waals surface area contributed by atoms with E-state index in [1.54, 1.807) is 11.3 Å². The SMILES string of the molecule is CCCCC(CC)CN(CC(CC)CCCC)c1nc(C(C)(C)C)c(/N=C2/C(C)=C(C#N)C(=O)n3nc(C(CC)CCCC)nc32)s1. The lowest BCUT2D eigenvalue weighted by atomic mass is 9.92. The summed E-state index contributed by atoms with van der Waals surface area (Å²) < 4.78 is 1.32. The first-order chi connectivity index (χ1) is 22.5. The topological polar surface area (TPSA) is 100 Å². The van der Waals surface area contributed by atoms with Gasteiger partial charge in [-0.1, -0.05) is 125 Å². The lowest BCUT2D eigenvalue weighted by Gasteiger charge is -2.30. The van der Waals surface area contributed by atoms with Gasteiger partial charge < -0.3 is 4.90 Å². The number of unbranched alkanes of at least 4 members (excludes halogenated alkanes) is 3. The van der Waals surface area contributed by atoms with Crippen molar-refractivity contribution in [1.82, 2.24) is 19.7 Å². The molecule has 8 nitrogen and oxygen atoms in total. The summed E-state index contributed by atoms with van der Waals surface area (Å²) in [5, 5.41) is 16.6. The minimum absolute atomic E-state index is 0.0707. The first-order valence-electron chi connectivity index (χ1n) is 18.5. The zero-order valence-corrected chi connectivity index (χ0v) is 31.9. The van der Waals surface area contributed by atoms with Crippen LogP contribution in [0.25, 0.3) is 0 Å². The number of anilines is 1. The third kappa shape index (κ3) is 9.62. The highest BCUT2D eigenvalue weighted by Gasteiger charge is 2.35. The van der Waals surface area contributed by atoms with Crippen LogP contribution in [0.4, 0.5) is 10.1 Å². The molecule has 2 aromatic heterocycles. The predicted molar refractivity (Wildman–Crippen MR) is 197 cm³/mol. The lowest BCUT2D eigenvalue weighted by Crippen LogP contribution is -2.34. The summed E-state index contributed by atoms with van der Waals surface area (Å²) in [7, 11) is 0. The molecule has 0 spiro atoms. The Bertz CT molecular complexity index is 1400. The van der Waals surface area contributed by atoms with Gasteiger partial charge in [-0.2, -0.15) is 9.94 Å². The highest BCUT2D eigenvalue weighted by atomic mass is 32.1. The van der Waals surface area contributed by atoms with Crippen LogP contribution in [0.15, 0.2) is 16.1 Å². The molecule has 0 aromatic carbocycles. The number of thiazole rings is 1. The van der Waals surface area contributed by atoms with Crippen LogP contribution in [-0.4, -0.2) is 44.5 Å². The molecule has 1 aliphatic rings. The van der Waals surface area contributed by atoms with Gasteiger partial charge in [-0.25, -0.2) is 15.0 Å². The van der Waals surface area contributed by atoms with Crippen LogP contribution in [-0.2, 0) is 5.41 Å². The number of allylic oxidation sites excluding steroid dienone is 2. The van der Waals surface area contributed by atoms with Crippen molar-refractivity contribution in [3.63, 3.8) is 0 Å². The number of aromatic nitrogens is 4. The van der Waals surface area contributed by atoms with Crippen LogP contribution >= 0.6 is 11.3 Å². The quantitative estimate of drug-likeness (QED) is 0.148. The average Bonchev–Trinajstić information content (AvgIpc) is 3.69. The highest BCUT2D eigenvalue weighted by Crippen LogP contribution is 2.42. The number of hydrogen-bond acceptors (Lipinski definition) is 8. The predicted octanol–water partition coefficient (Wildman–Crippen LogP) is 10.6. The number of carbonyl (C=O) groups excluding carboxylic acids is 1. The summed E-state index contributed by atoms with van der Waals surface area (Å²) in [5.41, 5.74) is 1.84. The Balaban J connectivity index is 2.19. The van der Waals surface area contributed by atoms with Gasteiger partial charge in [0.05, 0.1) is 5.69 Å².